The Kier molecular flexibility index (Phi) is 66.6. The van der Waals surface area contributed by atoms with Crippen LogP contribution < -0.4 is 0 Å². The predicted molar refractivity (Wildman–Crippen MR) is 349 cm³/mol. The minimum Gasteiger partial charge on any atom is -0.462 e. The molecule has 0 aliphatic rings. The van der Waals surface area contributed by atoms with Gasteiger partial charge in [0.2, 0.25) is 0 Å². The first-order chi connectivity index (χ1) is 39.5. The Morgan fingerprint density at radius 1 is 0.250 bits per heavy atom. The predicted octanol–water partition coefficient (Wildman–Crippen LogP) is 24.5. The number of allylic oxidation sites excluding steroid dienone is 8. The van der Waals surface area contributed by atoms with Crippen LogP contribution in [0.1, 0.15) is 387 Å². The van der Waals surface area contributed by atoms with Crippen LogP contribution in [0.4, 0.5) is 0 Å². The van der Waals surface area contributed by atoms with Gasteiger partial charge in [0, 0.05) is 19.3 Å². The lowest BCUT2D eigenvalue weighted by Gasteiger charge is -2.18. The second-order valence-electron chi connectivity index (χ2n) is 24.1. The normalized spacial score (nSPS) is 12.3. The molecule has 0 rings (SSSR count). The average molecular weight is 1120 g/mol. The lowest BCUT2D eigenvalue weighted by Crippen LogP contribution is -2.30. The van der Waals surface area contributed by atoms with Gasteiger partial charge in [-0.05, 0) is 83.5 Å². The van der Waals surface area contributed by atoms with Crippen molar-refractivity contribution in [1.29, 1.82) is 0 Å². The fourth-order valence-electron chi connectivity index (χ4n) is 10.7. The van der Waals surface area contributed by atoms with E-state index in [1.807, 2.05) is 0 Å². The molecule has 0 heterocycles. The Morgan fingerprint density at radius 3 is 0.700 bits per heavy atom. The molecular weight excluding hydrogens is 985 g/mol. The zero-order chi connectivity index (χ0) is 57.8. The molecule has 0 saturated heterocycles. The van der Waals surface area contributed by atoms with E-state index in [9.17, 15) is 14.4 Å². The molecule has 0 aromatic carbocycles. The first kappa shape index (κ1) is 77.4. The van der Waals surface area contributed by atoms with Gasteiger partial charge in [-0.15, -0.1) is 0 Å². The summed E-state index contributed by atoms with van der Waals surface area (Å²) < 4.78 is 17.0. The van der Waals surface area contributed by atoms with Crippen LogP contribution in [0.3, 0.4) is 0 Å². The molecule has 1 unspecified atom stereocenters. The van der Waals surface area contributed by atoms with Gasteiger partial charge in [0.25, 0.3) is 0 Å². The Morgan fingerprint density at radius 2 is 0.450 bits per heavy atom. The third-order valence-electron chi connectivity index (χ3n) is 16.1. The number of unbranched alkanes of at least 4 members (excludes halogenated alkanes) is 47. The number of carbonyl (C=O) groups is 3. The van der Waals surface area contributed by atoms with Crippen molar-refractivity contribution in [3.63, 3.8) is 0 Å². The molecule has 0 saturated carbocycles. The Balaban J connectivity index is 4.33. The minimum absolute atomic E-state index is 0.0732. The SMILES string of the molecule is CCCCCC/C=C\C/C=C\CCCCCCCCCC(=O)OCC(COC(=O)CCCCCCCCCCCCCCCCCCCCCCCCC)OC(=O)CCCCCCCCCCC/C=C\C/C=C\CCCCCCC. The second kappa shape index (κ2) is 68.9. The quantitative estimate of drug-likeness (QED) is 0.0261. The van der Waals surface area contributed by atoms with Crippen LogP contribution in [0.2, 0.25) is 0 Å². The molecule has 6 nitrogen and oxygen atoms in total. The molecule has 0 spiro atoms. The van der Waals surface area contributed by atoms with E-state index < -0.39 is 6.10 Å². The lowest BCUT2D eigenvalue weighted by atomic mass is 10.0. The highest BCUT2D eigenvalue weighted by molar-refractivity contribution is 5.71. The summed E-state index contributed by atoms with van der Waals surface area (Å²) in [6, 6.07) is 0. The van der Waals surface area contributed by atoms with Crippen molar-refractivity contribution in [1.82, 2.24) is 0 Å². The van der Waals surface area contributed by atoms with Gasteiger partial charge < -0.3 is 14.2 Å². The largest absolute Gasteiger partial charge is 0.462 e. The third kappa shape index (κ3) is 66.2. The summed E-state index contributed by atoms with van der Waals surface area (Å²) in [5.41, 5.74) is 0. The minimum atomic E-state index is -0.779. The summed E-state index contributed by atoms with van der Waals surface area (Å²) in [6.07, 6.45) is 87.0. The highest BCUT2D eigenvalue weighted by Gasteiger charge is 2.19. The summed E-state index contributed by atoms with van der Waals surface area (Å²) in [5.74, 6) is -0.858. The standard InChI is InChI=1S/C74H136O6/c1-4-7-10-13-16-19-22-25-28-31-34-36-37-39-40-43-46-49-52-55-58-61-64-67-73(76)79-70-71(69-78-72(75)66-63-60-57-54-51-48-45-42-33-30-27-24-21-18-15-12-9-6-3)80-74(77)68-65-62-59-56-53-50-47-44-41-38-35-32-29-26-23-20-17-14-11-8-5-2/h21,23-24,26,30,32-33,35,71H,4-20,22,25,27-29,31,34,36-70H2,1-3H3/b24-21-,26-23-,33-30-,35-32-. The van der Waals surface area contributed by atoms with Crippen LogP contribution in [0.15, 0.2) is 48.6 Å². The van der Waals surface area contributed by atoms with Crippen molar-refractivity contribution in [3.8, 4) is 0 Å². The first-order valence-electron chi connectivity index (χ1n) is 35.6. The maximum absolute atomic E-state index is 13.0. The fourth-order valence-corrected chi connectivity index (χ4v) is 10.7. The van der Waals surface area contributed by atoms with E-state index in [1.165, 1.54) is 270 Å². The van der Waals surface area contributed by atoms with Crippen molar-refractivity contribution < 1.29 is 28.6 Å². The molecule has 0 radical (unpaired) electrons. The van der Waals surface area contributed by atoms with Gasteiger partial charge in [-0.25, -0.2) is 0 Å². The molecule has 0 aliphatic carbocycles. The number of hydrogen-bond donors (Lipinski definition) is 0. The van der Waals surface area contributed by atoms with E-state index in [1.54, 1.807) is 0 Å². The highest BCUT2D eigenvalue weighted by atomic mass is 16.6. The van der Waals surface area contributed by atoms with Gasteiger partial charge in [0.05, 0.1) is 0 Å². The van der Waals surface area contributed by atoms with E-state index in [2.05, 4.69) is 69.4 Å². The van der Waals surface area contributed by atoms with Crippen molar-refractivity contribution in [2.75, 3.05) is 13.2 Å². The van der Waals surface area contributed by atoms with Gasteiger partial charge in [-0.1, -0.05) is 333 Å². The topological polar surface area (TPSA) is 78.9 Å². The monoisotopic (exact) mass is 1120 g/mol. The summed E-state index contributed by atoms with van der Waals surface area (Å²) in [7, 11) is 0. The molecule has 0 aromatic heterocycles. The van der Waals surface area contributed by atoms with Crippen LogP contribution in [0.5, 0.6) is 0 Å². The van der Waals surface area contributed by atoms with Crippen LogP contribution >= 0.6 is 0 Å². The van der Waals surface area contributed by atoms with Crippen LogP contribution in [-0.4, -0.2) is 37.2 Å². The zero-order valence-electron chi connectivity index (χ0n) is 53.9. The van der Waals surface area contributed by atoms with Crippen molar-refractivity contribution in [2.24, 2.45) is 0 Å². The molecule has 0 aromatic rings. The maximum atomic E-state index is 13.0. The molecule has 0 aliphatic heterocycles. The number of rotatable bonds is 66. The molecular formula is C74H136O6. The summed E-state index contributed by atoms with van der Waals surface area (Å²) in [4.78, 5) is 38.5. The number of esters is 3. The van der Waals surface area contributed by atoms with Crippen LogP contribution in [-0.2, 0) is 28.6 Å². The summed E-state index contributed by atoms with van der Waals surface area (Å²) in [6.45, 7) is 6.68. The van der Waals surface area contributed by atoms with Gasteiger partial charge in [0.15, 0.2) is 6.10 Å². The lowest BCUT2D eigenvalue weighted by molar-refractivity contribution is -0.167. The summed E-state index contributed by atoms with van der Waals surface area (Å²) >= 11 is 0. The maximum Gasteiger partial charge on any atom is 0.306 e. The molecule has 1 atom stereocenters. The van der Waals surface area contributed by atoms with Crippen LogP contribution in [0.25, 0.3) is 0 Å². The first-order valence-corrected chi connectivity index (χ1v) is 35.6. The van der Waals surface area contributed by atoms with E-state index in [-0.39, 0.29) is 31.1 Å². The van der Waals surface area contributed by atoms with E-state index in [0.717, 1.165) is 77.0 Å². The van der Waals surface area contributed by atoms with Crippen molar-refractivity contribution in [2.45, 2.75) is 393 Å². The number of hydrogen-bond acceptors (Lipinski definition) is 6. The molecule has 0 bridgehead atoms. The van der Waals surface area contributed by atoms with E-state index in [0.29, 0.717) is 19.3 Å². The number of ether oxygens (including phenoxy) is 3. The van der Waals surface area contributed by atoms with Crippen molar-refractivity contribution >= 4 is 17.9 Å². The smallest absolute Gasteiger partial charge is 0.306 e. The Bertz CT molecular complexity index is 1380. The van der Waals surface area contributed by atoms with Gasteiger partial charge in [-0.3, -0.25) is 14.4 Å². The van der Waals surface area contributed by atoms with E-state index in [4.69, 9.17) is 14.2 Å². The van der Waals surface area contributed by atoms with Gasteiger partial charge in [0.1, 0.15) is 13.2 Å². The molecule has 0 N–H and O–H groups in total. The molecule has 0 amide bonds. The third-order valence-corrected chi connectivity index (χ3v) is 16.1. The Labute approximate surface area is 498 Å². The van der Waals surface area contributed by atoms with Gasteiger partial charge >= 0.3 is 17.9 Å². The average Bonchev–Trinajstić information content (AvgIpc) is 3.46. The molecule has 80 heavy (non-hydrogen) atoms. The molecule has 0 fully saturated rings. The van der Waals surface area contributed by atoms with Gasteiger partial charge in [-0.2, -0.15) is 0 Å². The Hall–Kier alpha value is -2.63. The zero-order valence-corrected chi connectivity index (χ0v) is 53.9. The molecule has 6 heteroatoms. The van der Waals surface area contributed by atoms with Crippen molar-refractivity contribution in [3.05, 3.63) is 48.6 Å². The highest BCUT2D eigenvalue weighted by Crippen LogP contribution is 2.18. The van der Waals surface area contributed by atoms with E-state index >= 15 is 0 Å². The number of carbonyl (C=O) groups excluding carboxylic acids is 3. The summed E-state index contributed by atoms with van der Waals surface area (Å²) in [5, 5.41) is 0. The molecule has 468 valence electrons. The second-order valence-corrected chi connectivity index (χ2v) is 24.1. The van der Waals surface area contributed by atoms with Crippen LogP contribution in [0, 0.1) is 0 Å². The fraction of sp³-hybridized carbons (Fsp3) is 0.851.